The van der Waals surface area contributed by atoms with Gasteiger partial charge in [-0.05, 0) is 6.92 Å². The monoisotopic (exact) mass is 189 g/mol. The number of aliphatic hydroxyl groups excluding tert-OH is 2. The highest BCUT2D eigenvalue weighted by atomic mass is 16.5. The summed E-state index contributed by atoms with van der Waals surface area (Å²) in [6.07, 6.45) is 0.817. The Bertz CT molecular complexity index is 182. The zero-order chi connectivity index (χ0) is 11.0. The molecule has 0 aromatic carbocycles. The highest BCUT2D eigenvalue weighted by molar-refractivity contribution is 5.69. The first kappa shape index (κ1) is 10.2. The van der Waals surface area contributed by atoms with E-state index in [0.717, 1.165) is 0 Å². The summed E-state index contributed by atoms with van der Waals surface area (Å²) in [6, 6.07) is 0. The van der Waals surface area contributed by atoms with Crippen molar-refractivity contribution in [3.05, 3.63) is 12.7 Å². The van der Waals surface area contributed by atoms with E-state index < -0.39 is 18.0 Å². The Kier molecular flexibility index (Phi) is 5.20. The lowest BCUT2D eigenvalue weighted by atomic mass is 10.0. The van der Waals surface area contributed by atoms with Crippen LogP contribution >= 0.6 is 0 Å². The third kappa shape index (κ3) is 5.38. The third-order valence-corrected chi connectivity index (χ3v) is 1.69. The molecule has 0 aromatic rings. The average Bonchev–Trinajstić information content (AvgIpc) is 2.14. The van der Waals surface area contributed by atoms with E-state index in [0.29, 0.717) is 0 Å². The van der Waals surface area contributed by atoms with Crippen LogP contribution in [0.15, 0.2) is 12.7 Å². The lowest BCUT2D eigenvalue weighted by Gasteiger charge is -2.15. The molecule has 0 saturated heterocycles. The molecule has 13 heavy (non-hydrogen) atoms. The molecule has 0 radical (unpaired) electrons. The quantitative estimate of drug-likeness (QED) is 0.440. The smallest absolute Gasteiger partial charge is 0.306 e. The van der Waals surface area contributed by atoms with E-state index in [2.05, 4.69) is 11.7 Å². The SMILES string of the molecule is [2H]OC[C@H](CC(=O)OCC=C)[C@H](C)O. The van der Waals surface area contributed by atoms with Crippen LogP contribution in [0, 0.1) is 5.92 Å². The van der Waals surface area contributed by atoms with E-state index in [1.165, 1.54) is 6.08 Å². The van der Waals surface area contributed by atoms with Crippen LogP contribution in [0.3, 0.4) is 0 Å². The predicted octanol–water partition coefficient (Wildman–Crippen LogP) is 0.0950. The Hall–Kier alpha value is -0.870. The van der Waals surface area contributed by atoms with E-state index in [-0.39, 0.29) is 19.6 Å². The van der Waals surface area contributed by atoms with Crippen molar-refractivity contribution in [2.24, 2.45) is 5.92 Å². The molecule has 0 rings (SSSR count). The van der Waals surface area contributed by atoms with Gasteiger partial charge in [0.1, 0.15) is 6.61 Å². The van der Waals surface area contributed by atoms with E-state index >= 15 is 0 Å². The van der Waals surface area contributed by atoms with Crippen molar-refractivity contribution in [3.8, 4) is 0 Å². The summed E-state index contributed by atoms with van der Waals surface area (Å²) >= 11 is 0. The van der Waals surface area contributed by atoms with Crippen molar-refractivity contribution in [1.29, 1.82) is 1.43 Å². The molecule has 0 aliphatic carbocycles. The molecule has 0 bridgehead atoms. The highest BCUT2D eigenvalue weighted by Crippen LogP contribution is 2.08. The minimum atomic E-state index is -0.698. The maximum Gasteiger partial charge on any atom is 0.306 e. The molecule has 0 heterocycles. The van der Waals surface area contributed by atoms with Gasteiger partial charge in [0.2, 0.25) is 1.43 Å². The summed E-state index contributed by atoms with van der Waals surface area (Å²) in [5, 5.41) is 13.4. The van der Waals surface area contributed by atoms with Crippen molar-refractivity contribution in [2.75, 3.05) is 13.2 Å². The van der Waals surface area contributed by atoms with Gasteiger partial charge in [-0.2, -0.15) is 0 Å². The van der Waals surface area contributed by atoms with E-state index in [1.807, 2.05) is 0 Å². The zero-order valence-corrected chi connectivity index (χ0v) is 7.73. The van der Waals surface area contributed by atoms with E-state index in [1.54, 1.807) is 6.92 Å². The lowest BCUT2D eigenvalue weighted by molar-refractivity contribution is -0.145. The minimum absolute atomic E-state index is 0.0147. The molecule has 0 saturated carbocycles. The van der Waals surface area contributed by atoms with Gasteiger partial charge in [0.25, 0.3) is 0 Å². The second-order valence-electron chi connectivity index (χ2n) is 2.84. The Balaban J connectivity index is 3.89. The molecule has 76 valence electrons. The van der Waals surface area contributed by atoms with Crippen LogP contribution in [0.1, 0.15) is 13.3 Å². The van der Waals surface area contributed by atoms with Crippen molar-refractivity contribution in [3.63, 3.8) is 0 Å². The molecule has 0 spiro atoms. The Labute approximate surface area is 79.3 Å². The van der Waals surface area contributed by atoms with Gasteiger partial charge in [-0.3, -0.25) is 4.79 Å². The number of carbonyl (C=O) groups excluding carboxylic acids is 1. The van der Waals surface area contributed by atoms with Gasteiger partial charge in [0, 0.05) is 12.5 Å². The zero-order valence-electron chi connectivity index (χ0n) is 8.73. The fourth-order valence-electron chi connectivity index (χ4n) is 0.794. The summed E-state index contributed by atoms with van der Waals surface area (Å²) in [4.78, 5) is 11.1. The topological polar surface area (TPSA) is 66.8 Å². The molecule has 0 amide bonds. The number of ether oxygens (including phenoxy) is 1. The molecule has 0 aromatic heterocycles. The molecule has 0 fully saturated rings. The number of rotatable bonds is 7. The number of hydrogen-bond acceptors (Lipinski definition) is 4. The van der Waals surface area contributed by atoms with E-state index in [4.69, 9.17) is 6.17 Å². The molecule has 0 aliphatic heterocycles. The van der Waals surface area contributed by atoms with Crippen molar-refractivity contribution >= 4 is 5.97 Å². The molecule has 2 atom stereocenters. The second kappa shape index (κ2) is 6.62. The number of esters is 1. The molecule has 0 aliphatic rings. The van der Waals surface area contributed by atoms with E-state index in [9.17, 15) is 9.90 Å². The number of hydrogen-bond donors (Lipinski definition) is 2. The maximum atomic E-state index is 11.1. The van der Waals surface area contributed by atoms with Crippen molar-refractivity contribution < 1.29 is 19.7 Å². The molecule has 4 nitrogen and oxygen atoms in total. The summed E-state index contributed by atoms with van der Waals surface area (Å²) < 4.78 is 11.3. The second-order valence-corrected chi connectivity index (χ2v) is 2.84. The van der Waals surface area contributed by atoms with Gasteiger partial charge in [-0.15, -0.1) is 0 Å². The van der Waals surface area contributed by atoms with Crippen molar-refractivity contribution in [2.45, 2.75) is 19.4 Å². The van der Waals surface area contributed by atoms with Gasteiger partial charge in [-0.25, -0.2) is 0 Å². The maximum absolute atomic E-state index is 11.1. The fourth-order valence-corrected chi connectivity index (χ4v) is 0.794. The predicted molar refractivity (Wildman–Crippen MR) is 48.0 cm³/mol. The first-order chi connectivity index (χ1) is 6.61. The summed E-state index contributed by atoms with van der Waals surface area (Å²) in [7, 11) is 0. The van der Waals surface area contributed by atoms with Crippen LogP contribution < -0.4 is 0 Å². The first-order valence-electron chi connectivity index (χ1n) is 4.55. The molecule has 4 heteroatoms. The Morgan fingerprint density at radius 2 is 2.54 bits per heavy atom. The van der Waals surface area contributed by atoms with Gasteiger partial charge in [0.15, 0.2) is 0 Å². The van der Waals surface area contributed by atoms with Gasteiger partial charge in [-0.1, -0.05) is 12.7 Å². The summed E-state index contributed by atoms with van der Waals surface area (Å²) in [6.45, 7) is 5.12. The van der Waals surface area contributed by atoms with Crippen LogP contribution in [-0.2, 0) is 9.53 Å². The standard InChI is InChI=1S/C9H16O4/c1-3-4-13-9(12)5-8(6-10)7(2)11/h3,7-8,10-11H,1,4-6H2,2H3/t7-,8-/m0/s1/i10D. The first-order valence-corrected chi connectivity index (χ1v) is 4.14. The van der Waals surface area contributed by atoms with Crippen LogP contribution in [0.2, 0.25) is 0 Å². The summed E-state index contributed by atoms with van der Waals surface area (Å²) in [5.74, 6) is -0.822. The average molecular weight is 189 g/mol. The van der Waals surface area contributed by atoms with Crippen LogP contribution in [0.5, 0.6) is 0 Å². The normalized spacial score (nSPS) is 15.7. The Morgan fingerprint density at radius 3 is 3.00 bits per heavy atom. The Morgan fingerprint density at radius 1 is 1.85 bits per heavy atom. The molecule has 0 unspecified atom stereocenters. The molecular weight excluding hydrogens is 172 g/mol. The molecule has 2 N–H and O–H groups in total. The van der Waals surface area contributed by atoms with Crippen LogP contribution in [0.4, 0.5) is 0 Å². The number of aliphatic hydroxyl groups is 2. The van der Waals surface area contributed by atoms with Gasteiger partial charge >= 0.3 is 5.97 Å². The van der Waals surface area contributed by atoms with Crippen LogP contribution in [0.25, 0.3) is 0 Å². The summed E-state index contributed by atoms with van der Waals surface area (Å²) in [5.41, 5.74) is 0. The van der Waals surface area contributed by atoms with Crippen LogP contribution in [-0.4, -0.2) is 36.9 Å². The minimum Gasteiger partial charge on any atom is -0.461 e. The largest absolute Gasteiger partial charge is 0.461 e. The highest BCUT2D eigenvalue weighted by Gasteiger charge is 2.18. The van der Waals surface area contributed by atoms with Gasteiger partial charge in [0.05, 0.1) is 12.5 Å². The molecular formula is C9H16O4. The number of carbonyl (C=O) groups is 1. The lowest BCUT2D eigenvalue weighted by Crippen LogP contribution is -2.24. The fraction of sp³-hybridized carbons (Fsp3) is 0.667. The van der Waals surface area contributed by atoms with Crippen molar-refractivity contribution in [1.82, 2.24) is 0 Å². The third-order valence-electron chi connectivity index (χ3n) is 1.69. The van der Waals surface area contributed by atoms with Gasteiger partial charge < -0.3 is 15.0 Å².